The van der Waals surface area contributed by atoms with Gasteiger partial charge in [-0.05, 0) is 61.6 Å². The van der Waals surface area contributed by atoms with Crippen molar-refractivity contribution < 1.29 is 17.6 Å². The summed E-state index contributed by atoms with van der Waals surface area (Å²) in [6, 6.07) is 14.9. The maximum atomic E-state index is 13.0. The van der Waals surface area contributed by atoms with Crippen LogP contribution in [-0.4, -0.2) is 55.3 Å². The average molecular weight is 455 g/mol. The molecule has 0 radical (unpaired) electrons. The number of amides is 1. The van der Waals surface area contributed by atoms with E-state index in [4.69, 9.17) is 4.42 Å². The van der Waals surface area contributed by atoms with Crippen molar-refractivity contribution in [2.24, 2.45) is 5.92 Å². The maximum Gasteiger partial charge on any atom is 0.253 e. The molecule has 2 aromatic carbocycles. The molecule has 1 amide bonds. The number of nitrogens with one attached hydrogen (secondary N) is 1. The van der Waals surface area contributed by atoms with Crippen LogP contribution in [-0.2, 0) is 10.0 Å². The first-order valence-electron chi connectivity index (χ1n) is 10.5. The smallest absolute Gasteiger partial charge is 0.253 e. The molecule has 168 valence electrons. The van der Waals surface area contributed by atoms with E-state index in [0.717, 1.165) is 35.8 Å². The standard InChI is InChI=1S/C23H26N4O4S/c1-16-6-3-4-8-20(16)22-26-25-21(31-22)18-9-11-19(12-10-18)23(28)27-13-5-7-17(15-27)14-24-32(2,29)30/h3-4,6,8-12,17,24H,5,7,13-15H2,1-2H3/t17-/m0/s1. The molecule has 1 aliphatic heterocycles. The van der Waals surface area contributed by atoms with E-state index in [1.165, 1.54) is 0 Å². The topological polar surface area (TPSA) is 105 Å². The lowest BCUT2D eigenvalue weighted by atomic mass is 9.97. The average Bonchev–Trinajstić information content (AvgIpc) is 3.27. The van der Waals surface area contributed by atoms with Gasteiger partial charge < -0.3 is 9.32 Å². The Kier molecular flexibility index (Phi) is 6.38. The minimum atomic E-state index is -3.24. The fraction of sp³-hybridized carbons (Fsp3) is 0.348. The number of aromatic nitrogens is 2. The Hall–Kier alpha value is -3.04. The molecule has 1 fully saturated rings. The second-order valence-electron chi connectivity index (χ2n) is 8.18. The van der Waals surface area contributed by atoms with Crippen LogP contribution in [0.15, 0.2) is 52.9 Å². The van der Waals surface area contributed by atoms with Gasteiger partial charge in [0.1, 0.15) is 0 Å². The molecule has 0 saturated carbocycles. The Bertz CT molecular complexity index is 1200. The molecule has 9 heteroatoms. The summed E-state index contributed by atoms with van der Waals surface area (Å²) in [5, 5.41) is 8.31. The van der Waals surface area contributed by atoms with E-state index in [-0.39, 0.29) is 11.8 Å². The van der Waals surface area contributed by atoms with Crippen LogP contribution in [0.2, 0.25) is 0 Å². The normalized spacial score (nSPS) is 16.8. The summed E-state index contributed by atoms with van der Waals surface area (Å²) in [5.41, 5.74) is 3.25. The number of carbonyl (C=O) groups is 1. The molecule has 0 bridgehead atoms. The van der Waals surface area contributed by atoms with Gasteiger partial charge in [0.2, 0.25) is 21.8 Å². The van der Waals surface area contributed by atoms with Gasteiger partial charge in [0, 0.05) is 36.3 Å². The second kappa shape index (κ2) is 9.22. The van der Waals surface area contributed by atoms with Crippen molar-refractivity contribution in [3.63, 3.8) is 0 Å². The van der Waals surface area contributed by atoms with Crippen molar-refractivity contribution in [1.82, 2.24) is 19.8 Å². The van der Waals surface area contributed by atoms with Gasteiger partial charge in [-0.25, -0.2) is 13.1 Å². The zero-order valence-electron chi connectivity index (χ0n) is 18.1. The Labute approximate surface area is 187 Å². The van der Waals surface area contributed by atoms with Gasteiger partial charge in [-0.2, -0.15) is 0 Å². The number of carbonyl (C=O) groups excluding carboxylic acids is 1. The molecule has 32 heavy (non-hydrogen) atoms. The van der Waals surface area contributed by atoms with Gasteiger partial charge in [0.25, 0.3) is 5.91 Å². The summed E-state index contributed by atoms with van der Waals surface area (Å²) in [5.74, 6) is 0.902. The lowest BCUT2D eigenvalue weighted by Gasteiger charge is -2.32. The zero-order chi connectivity index (χ0) is 22.7. The molecule has 4 rings (SSSR count). The number of aryl methyl sites for hydroxylation is 1. The molecule has 2 heterocycles. The highest BCUT2D eigenvalue weighted by Gasteiger charge is 2.25. The molecular formula is C23H26N4O4S. The van der Waals surface area contributed by atoms with Crippen LogP contribution in [0.25, 0.3) is 22.9 Å². The zero-order valence-corrected chi connectivity index (χ0v) is 18.9. The van der Waals surface area contributed by atoms with Gasteiger partial charge in [-0.15, -0.1) is 10.2 Å². The van der Waals surface area contributed by atoms with Crippen LogP contribution in [0.4, 0.5) is 0 Å². The van der Waals surface area contributed by atoms with Crippen LogP contribution >= 0.6 is 0 Å². The number of nitrogens with zero attached hydrogens (tertiary/aromatic N) is 3. The van der Waals surface area contributed by atoms with E-state index in [2.05, 4.69) is 14.9 Å². The predicted molar refractivity (Wildman–Crippen MR) is 121 cm³/mol. The van der Waals surface area contributed by atoms with Crippen LogP contribution in [0.5, 0.6) is 0 Å². The van der Waals surface area contributed by atoms with E-state index in [1.54, 1.807) is 29.2 Å². The van der Waals surface area contributed by atoms with E-state index in [1.807, 2.05) is 31.2 Å². The third-order valence-corrected chi connectivity index (χ3v) is 6.31. The number of likely N-dealkylation sites (tertiary alicyclic amines) is 1. The first-order valence-corrected chi connectivity index (χ1v) is 12.4. The van der Waals surface area contributed by atoms with Crippen molar-refractivity contribution in [2.45, 2.75) is 19.8 Å². The molecule has 0 unspecified atom stereocenters. The maximum absolute atomic E-state index is 13.0. The number of benzene rings is 2. The SMILES string of the molecule is Cc1ccccc1-c1nnc(-c2ccc(C(=O)N3CCC[C@@H](CNS(C)(=O)=O)C3)cc2)o1. The summed E-state index contributed by atoms with van der Waals surface area (Å²) >= 11 is 0. The molecule has 1 saturated heterocycles. The van der Waals surface area contributed by atoms with Crippen molar-refractivity contribution >= 4 is 15.9 Å². The van der Waals surface area contributed by atoms with E-state index in [0.29, 0.717) is 37.0 Å². The second-order valence-corrected chi connectivity index (χ2v) is 10.0. The molecule has 0 spiro atoms. The molecular weight excluding hydrogens is 428 g/mol. The summed E-state index contributed by atoms with van der Waals surface area (Å²) < 4.78 is 31.1. The molecule has 1 aromatic heterocycles. The van der Waals surface area contributed by atoms with Crippen molar-refractivity contribution in [2.75, 3.05) is 25.9 Å². The lowest BCUT2D eigenvalue weighted by molar-refractivity contribution is 0.0676. The van der Waals surface area contributed by atoms with Crippen molar-refractivity contribution in [3.05, 3.63) is 59.7 Å². The third kappa shape index (κ3) is 5.23. The quantitative estimate of drug-likeness (QED) is 0.614. The Balaban J connectivity index is 1.43. The predicted octanol–water partition coefficient (Wildman–Crippen LogP) is 3.11. The number of sulfonamides is 1. The fourth-order valence-corrected chi connectivity index (χ4v) is 4.42. The molecule has 3 aromatic rings. The Morgan fingerprint density at radius 3 is 2.56 bits per heavy atom. The number of piperidine rings is 1. The van der Waals surface area contributed by atoms with E-state index < -0.39 is 10.0 Å². The highest BCUT2D eigenvalue weighted by atomic mass is 32.2. The minimum Gasteiger partial charge on any atom is -0.416 e. The summed E-state index contributed by atoms with van der Waals surface area (Å²) in [7, 11) is -3.24. The first kappa shape index (κ1) is 22.2. The molecule has 1 N–H and O–H groups in total. The molecule has 1 aliphatic rings. The monoisotopic (exact) mass is 454 g/mol. The van der Waals surface area contributed by atoms with E-state index >= 15 is 0 Å². The van der Waals surface area contributed by atoms with Crippen molar-refractivity contribution in [3.8, 4) is 22.9 Å². The van der Waals surface area contributed by atoms with Crippen LogP contribution in [0.3, 0.4) is 0 Å². The molecule has 8 nitrogen and oxygen atoms in total. The number of hydrogen-bond donors (Lipinski definition) is 1. The van der Waals surface area contributed by atoms with Gasteiger partial charge in [-0.1, -0.05) is 18.2 Å². The third-order valence-electron chi connectivity index (χ3n) is 5.62. The number of hydrogen-bond acceptors (Lipinski definition) is 6. The summed E-state index contributed by atoms with van der Waals surface area (Å²) in [6.07, 6.45) is 2.89. The highest BCUT2D eigenvalue weighted by Crippen LogP contribution is 2.26. The summed E-state index contributed by atoms with van der Waals surface area (Å²) in [4.78, 5) is 14.7. The van der Waals surface area contributed by atoms with Crippen LogP contribution in [0.1, 0.15) is 28.8 Å². The van der Waals surface area contributed by atoms with E-state index in [9.17, 15) is 13.2 Å². The van der Waals surface area contributed by atoms with Gasteiger partial charge in [-0.3, -0.25) is 4.79 Å². The van der Waals surface area contributed by atoms with Crippen LogP contribution in [0, 0.1) is 12.8 Å². The van der Waals surface area contributed by atoms with Gasteiger partial charge in [0.15, 0.2) is 0 Å². The summed E-state index contributed by atoms with van der Waals surface area (Å²) in [6.45, 7) is 3.54. The fourth-order valence-electron chi connectivity index (χ4n) is 3.88. The molecule has 1 atom stereocenters. The first-order chi connectivity index (χ1) is 15.3. The van der Waals surface area contributed by atoms with Crippen LogP contribution < -0.4 is 4.72 Å². The van der Waals surface area contributed by atoms with Crippen molar-refractivity contribution in [1.29, 1.82) is 0 Å². The highest BCUT2D eigenvalue weighted by molar-refractivity contribution is 7.88. The minimum absolute atomic E-state index is 0.0632. The Morgan fingerprint density at radius 1 is 1.12 bits per heavy atom. The van der Waals surface area contributed by atoms with Gasteiger partial charge in [0.05, 0.1) is 6.26 Å². The molecule has 0 aliphatic carbocycles. The number of rotatable bonds is 6. The lowest BCUT2D eigenvalue weighted by Crippen LogP contribution is -2.43. The largest absolute Gasteiger partial charge is 0.416 e. The van der Waals surface area contributed by atoms with Gasteiger partial charge >= 0.3 is 0 Å². The Morgan fingerprint density at radius 2 is 1.84 bits per heavy atom.